The van der Waals surface area contributed by atoms with Crippen molar-refractivity contribution in [3.05, 3.63) is 71.3 Å². The first-order valence-electron chi connectivity index (χ1n) is 6.23. The third-order valence-corrected chi connectivity index (χ3v) is 3.13. The molecule has 106 valence electrons. The van der Waals surface area contributed by atoms with E-state index in [0.717, 1.165) is 18.2 Å². The van der Waals surface area contributed by atoms with Crippen molar-refractivity contribution in [1.82, 2.24) is 0 Å². The standard InChI is InChI=1S/C17H12F2O2/c1-2-13(11-6-4-3-5-7-11)17(21)16(20)12-8-9-14(18)15(19)10-12/h1,3-10,13,17,21H/t13-,17-/m0/s1. The highest BCUT2D eigenvalue weighted by Gasteiger charge is 2.27. The third kappa shape index (κ3) is 3.15. The second-order valence-corrected chi connectivity index (χ2v) is 4.49. The molecule has 1 N–H and O–H groups in total. The van der Waals surface area contributed by atoms with Gasteiger partial charge in [0.15, 0.2) is 17.4 Å². The van der Waals surface area contributed by atoms with Crippen LogP contribution >= 0.6 is 0 Å². The van der Waals surface area contributed by atoms with Gasteiger partial charge in [-0.15, -0.1) is 6.42 Å². The fourth-order valence-electron chi connectivity index (χ4n) is 2.00. The van der Waals surface area contributed by atoms with Gasteiger partial charge in [0.05, 0.1) is 5.92 Å². The van der Waals surface area contributed by atoms with E-state index in [1.54, 1.807) is 30.3 Å². The Balaban J connectivity index is 2.29. The van der Waals surface area contributed by atoms with E-state index in [1.807, 2.05) is 0 Å². The summed E-state index contributed by atoms with van der Waals surface area (Å²) in [6, 6.07) is 11.3. The minimum atomic E-state index is -1.53. The number of carbonyl (C=O) groups excluding carboxylic acids is 1. The monoisotopic (exact) mass is 286 g/mol. The SMILES string of the molecule is C#C[C@@H](c1ccccc1)[C@H](O)C(=O)c1ccc(F)c(F)c1. The maximum atomic E-state index is 13.2. The minimum Gasteiger partial charge on any atom is -0.383 e. The number of carbonyl (C=O) groups is 1. The lowest BCUT2D eigenvalue weighted by molar-refractivity contribution is 0.0725. The number of ketones is 1. The summed E-state index contributed by atoms with van der Waals surface area (Å²) in [5.74, 6) is -1.45. The summed E-state index contributed by atoms with van der Waals surface area (Å²) in [5, 5.41) is 10.1. The molecule has 0 bridgehead atoms. The number of Topliss-reactive ketones (excluding diaryl/α,β-unsaturated/α-hetero) is 1. The summed E-state index contributed by atoms with van der Waals surface area (Å²) in [7, 11) is 0. The van der Waals surface area contributed by atoms with E-state index in [0.29, 0.717) is 5.56 Å². The molecule has 0 spiro atoms. The van der Waals surface area contributed by atoms with Gasteiger partial charge >= 0.3 is 0 Å². The lowest BCUT2D eigenvalue weighted by Crippen LogP contribution is -2.27. The summed E-state index contributed by atoms with van der Waals surface area (Å²) in [6.07, 6.45) is 3.85. The maximum absolute atomic E-state index is 13.2. The molecule has 0 saturated heterocycles. The number of rotatable bonds is 4. The van der Waals surface area contributed by atoms with Gasteiger partial charge in [0.2, 0.25) is 0 Å². The molecule has 0 fully saturated rings. The van der Waals surface area contributed by atoms with Crippen molar-refractivity contribution >= 4 is 5.78 Å². The molecule has 0 heterocycles. The third-order valence-electron chi connectivity index (χ3n) is 3.13. The molecule has 0 unspecified atom stereocenters. The van der Waals surface area contributed by atoms with Crippen molar-refractivity contribution in [3.8, 4) is 12.3 Å². The topological polar surface area (TPSA) is 37.3 Å². The lowest BCUT2D eigenvalue weighted by Gasteiger charge is -2.17. The molecular formula is C17H12F2O2. The number of aliphatic hydroxyl groups excluding tert-OH is 1. The Morgan fingerprint density at radius 1 is 1.10 bits per heavy atom. The first-order valence-corrected chi connectivity index (χ1v) is 6.23. The summed E-state index contributed by atoms with van der Waals surface area (Å²) in [6.45, 7) is 0. The molecule has 0 aromatic heterocycles. The van der Waals surface area contributed by atoms with Gasteiger partial charge in [-0.2, -0.15) is 0 Å². The van der Waals surface area contributed by atoms with Crippen molar-refractivity contribution in [1.29, 1.82) is 0 Å². The zero-order chi connectivity index (χ0) is 15.4. The highest BCUT2D eigenvalue weighted by molar-refractivity contribution is 6.00. The largest absolute Gasteiger partial charge is 0.383 e. The van der Waals surface area contributed by atoms with E-state index >= 15 is 0 Å². The molecule has 21 heavy (non-hydrogen) atoms. The van der Waals surface area contributed by atoms with E-state index in [4.69, 9.17) is 6.42 Å². The van der Waals surface area contributed by atoms with Crippen LogP contribution in [0.4, 0.5) is 8.78 Å². The normalized spacial score (nSPS) is 13.2. The number of hydrogen-bond donors (Lipinski definition) is 1. The average Bonchev–Trinajstić information content (AvgIpc) is 2.51. The molecule has 2 rings (SSSR count). The fourth-order valence-corrected chi connectivity index (χ4v) is 2.00. The van der Waals surface area contributed by atoms with Crippen LogP contribution in [0.25, 0.3) is 0 Å². The van der Waals surface area contributed by atoms with Gasteiger partial charge in [0.25, 0.3) is 0 Å². The molecule has 0 radical (unpaired) electrons. The van der Waals surface area contributed by atoms with Gasteiger partial charge in [-0.3, -0.25) is 4.79 Å². The highest BCUT2D eigenvalue weighted by atomic mass is 19.2. The molecule has 0 aliphatic rings. The van der Waals surface area contributed by atoms with Crippen LogP contribution < -0.4 is 0 Å². The van der Waals surface area contributed by atoms with E-state index < -0.39 is 29.4 Å². The van der Waals surface area contributed by atoms with Crippen molar-refractivity contribution in [3.63, 3.8) is 0 Å². The minimum absolute atomic E-state index is 0.127. The molecular weight excluding hydrogens is 274 g/mol. The van der Waals surface area contributed by atoms with Crippen LogP contribution in [0.5, 0.6) is 0 Å². The quantitative estimate of drug-likeness (QED) is 0.693. The zero-order valence-corrected chi connectivity index (χ0v) is 11.0. The molecule has 0 amide bonds. The Morgan fingerprint density at radius 2 is 1.76 bits per heavy atom. The summed E-state index contributed by atoms with van der Waals surface area (Å²) in [5.41, 5.74) is 0.473. The summed E-state index contributed by atoms with van der Waals surface area (Å²) in [4.78, 5) is 12.1. The Kier molecular flexibility index (Phi) is 4.46. The van der Waals surface area contributed by atoms with E-state index in [9.17, 15) is 18.7 Å². The number of halogens is 2. The Bertz CT molecular complexity index is 690. The predicted molar refractivity (Wildman–Crippen MR) is 74.7 cm³/mol. The first-order chi connectivity index (χ1) is 10.0. The van der Waals surface area contributed by atoms with Gasteiger partial charge in [-0.25, -0.2) is 8.78 Å². The summed E-state index contributed by atoms with van der Waals surface area (Å²) < 4.78 is 26.0. The Hall–Kier alpha value is -2.51. The highest BCUT2D eigenvalue weighted by Crippen LogP contribution is 2.22. The van der Waals surface area contributed by atoms with Gasteiger partial charge < -0.3 is 5.11 Å². The Labute approximate surface area is 121 Å². The number of benzene rings is 2. The summed E-state index contributed by atoms with van der Waals surface area (Å²) >= 11 is 0. The fraction of sp³-hybridized carbons (Fsp3) is 0.118. The van der Waals surface area contributed by atoms with Crippen molar-refractivity contribution in [2.75, 3.05) is 0 Å². The van der Waals surface area contributed by atoms with Gasteiger partial charge in [0.1, 0.15) is 6.10 Å². The first kappa shape index (κ1) is 14.9. The molecule has 2 aromatic rings. The van der Waals surface area contributed by atoms with Crippen molar-refractivity contribution < 1.29 is 18.7 Å². The molecule has 0 aliphatic carbocycles. The van der Waals surface area contributed by atoms with Crippen LogP contribution in [0, 0.1) is 24.0 Å². The molecule has 2 atom stereocenters. The number of hydrogen-bond acceptors (Lipinski definition) is 2. The molecule has 2 nitrogen and oxygen atoms in total. The van der Waals surface area contributed by atoms with Gasteiger partial charge in [0, 0.05) is 5.56 Å². The van der Waals surface area contributed by atoms with Crippen LogP contribution in [-0.4, -0.2) is 17.0 Å². The van der Waals surface area contributed by atoms with Crippen LogP contribution in [0.1, 0.15) is 21.8 Å². The molecule has 0 saturated carbocycles. The van der Waals surface area contributed by atoms with Gasteiger partial charge in [-0.05, 0) is 23.8 Å². The second kappa shape index (κ2) is 6.29. The number of aliphatic hydroxyl groups is 1. The van der Waals surface area contributed by atoms with E-state index in [2.05, 4.69) is 5.92 Å². The smallest absolute Gasteiger partial charge is 0.192 e. The van der Waals surface area contributed by atoms with Crippen LogP contribution in [0.15, 0.2) is 48.5 Å². The lowest BCUT2D eigenvalue weighted by atomic mass is 9.89. The zero-order valence-electron chi connectivity index (χ0n) is 11.0. The number of terminal acetylenes is 1. The average molecular weight is 286 g/mol. The van der Waals surface area contributed by atoms with Gasteiger partial charge in [-0.1, -0.05) is 36.3 Å². The molecule has 4 heteroatoms. The predicted octanol–water partition coefficient (Wildman–Crippen LogP) is 2.93. The molecule has 2 aromatic carbocycles. The van der Waals surface area contributed by atoms with Crippen molar-refractivity contribution in [2.45, 2.75) is 12.0 Å². The van der Waals surface area contributed by atoms with Crippen molar-refractivity contribution in [2.24, 2.45) is 0 Å². The van der Waals surface area contributed by atoms with E-state index in [1.165, 1.54) is 0 Å². The van der Waals surface area contributed by atoms with Crippen LogP contribution in [0.3, 0.4) is 0 Å². The molecule has 0 aliphatic heterocycles. The maximum Gasteiger partial charge on any atom is 0.192 e. The van der Waals surface area contributed by atoms with Crippen LogP contribution in [-0.2, 0) is 0 Å². The van der Waals surface area contributed by atoms with Crippen LogP contribution in [0.2, 0.25) is 0 Å². The Morgan fingerprint density at radius 3 is 2.33 bits per heavy atom. The van der Waals surface area contributed by atoms with E-state index in [-0.39, 0.29) is 5.56 Å². The second-order valence-electron chi connectivity index (χ2n) is 4.49.